The first-order chi connectivity index (χ1) is 10.2. The van der Waals surface area contributed by atoms with E-state index in [0.717, 1.165) is 20.3 Å². The van der Waals surface area contributed by atoms with E-state index in [1.54, 1.807) is 12.3 Å². The highest BCUT2D eigenvalue weighted by Gasteiger charge is 2.16. The van der Waals surface area contributed by atoms with Gasteiger partial charge in [0.1, 0.15) is 11.6 Å². The van der Waals surface area contributed by atoms with Gasteiger partial charge in [0.25, 0.3) is 0 Å². The van der Waals surface area contributed by atoms with E-state index < -0.39 is 0 Å². The number of rotatable bonds is 3. The summed E-state index contributed by atoms with van der Waals surface area (Å²) < 4.78 is 0.964. The Bertz CT molecular complexity index is 898. The molecule has 1 aromatic carbocycles. The molecule has 0 fully saturated rings. The summed E-state index contributed by atoms with van der Waals surface area (Å²) in [5.41, 5.74) is 2.38. The van der Waals surface area contributed by atoms with Crippen LogP contribution < -0.4 is 0 Å². The van der Waals surface area contributed by atoms with E-state index in [1.807, 2.05) is 41.8 Å². The molecule has 21 heavy (non-hydrogen) atoms. The Morgan fingerprint density at radius 1 is 1.38 bits per heavy atom. The molecule has 1 N–H and O–H groups in total. The maximum absolute atomic E-state index is 12.5. The molecule has 5 heteroatoms. The number of H-pyrrole nitrogens is 1. The number of carbonyl (C=O) groups excluding carboxylic acids is 1. The quantitative estimate of drug-likeness (QED) is 0.417. The van der Waals surface area contributed by atoms with Gasteiger partial charge < -0.3 is 4.98 Å². The number of para-hydroxylation sites is 1. The fourth-order valence-corrected chi connectivity index (χ4v) is 3.25. The molecule has 0 radical (unpaired) electrons. The Kier molecular flexibility index (Phi) is 3.74. The van der Waals surface area contributed by atoms with Crippen LogP contribution in [0.3, 0.4) is 0 Å². The van der Waals surface area contributed by atoms with Gasteiger partial charge in [-0.25, -0.2) is 0 Å². The van der Waals surface area contributed by atoms with Crippen molar-refractivity contribution in [1.82, 2.24) is 4.98 Å². The molecule has 102 valence electrons. The van der Waals surface area contributed by atoms with E-state index in [2.05, 4.69) is 20.9 Å². The predicted octanol–water partition coefficient (Wildman–Crippen LogP) is 4.78. The second-order valence-electron chi connectivity index (χ2n) is 4.43. The topological polar surface area (TPSA) is 56.6 Å². The average molecular weight is 357 g/mol. The summed E-state index contributed by atoms with van der Waals surface area (Å²) in [6.07, 6.45) is 3.27. The van der Waals surface area contributed by atoms with Crippen LogP contribution in [0.2, 0.25) is 0 Å². The van der Waals surface area contributed by atoms with Gasteiger partial charge in [-0.05, 0) is 45.1 Å². The lowest BCUT2D eigenvalue weighted by Gasteiger charge is -1.97. The highest BCUT2D eigenvalue weighted by Crippen LogP contribution is 2.25. The number of nitrogens with zero attached hydrogens (tertiary/aromatic N) is 1. The lowest BCUT2D eigenvalue weighted by Crippen LogP contribution is -2.00. The van der Waals surface area contributed by atoms with Crippen LogP contribution in [0, 0.1) is 11.3 Å². The van der Waals surface area contributed by atoms with Crippen molar-refractivity contribution in [3.8, 4) is 6.07 Å². The summed E-state index contributed by atoms with van der Waals surface area (Å²) in [7, 11) is 0. The van der Waals surface area contributed by atoms with Crippen LogP contribution in [0.1, 0.15) is 15.9 Å². The van der Waals surface area contributed by atoms with Crippen molar-refractivity contribution in [2.45, 2.75) is 0 Å². The molecule has 3 nitrogen and oxygen atoms in total. The number of benzene rings is 1. The molecule has 0 aliphatic carbocycles. The number of Topliss-reactive ketones (excluding diaryl/α,β-unsaturated/α-hetero) is 1. The molecular weight excluding hydrogens is 348 g/mol. The summed E-state index contributed by atoms with van der Waals surface area (Å²) in [6.45, 7) is 0. The van der Waals surface area contributed by atoms with Crippen molar-refractivity contribution in [3.05, 3.63) is 62.4 Å². The van der Waals surface area contributed by atoms with Crippen LogP contribution in [0.5, 0.6) is 0 Å². The van der Waals surface area contributed by atoms with Gasteiger partial charge in [0.2, 0.25) is 5.78 Å². The Hall–Kier alpha value is -2.16. The minimum absolute atomic E-state index is 0.130. The van der Waals surface area contributed by atoms with Gasteiger partial charge in [-0.1, -0.05) is 18.2 Å². The SMILES string of the molecule is N#C/C(=C\c1csc(Br)c1)C(=O)c1c[nH]c2ccccc12. The molecule has 3 rings (SSSR count). The third-order valence-electron chi connectivity index (χ3n) is 3.10. The van der Waals surface area contributed by atoms with Gasteiger partial charge >= 0.3 is 0 Å². The van der Waals surface area contributed by atoms with Gasteiger partial charge in [-0.2, -0.15) is 5.26 Å². The Labute approximate surface area is 133 Å². The van der Waals surface area contributed by atoms with Crippen molar-refractivity contribution in [2.24, 2.45) is 0 Å². The number of carbonyl (C=O) groups is 1. The van der Waals surface area contributed by atoms with Gasteiger partial charge in [-0.15, -0.1) is 11.3 Å². The zero-order valence-electron chi connectivity index (χ0n) is 10.8. The number of thiophene rings is 1. The molecule has 0 saturated heterocycles. The Morgan fingerprint density at radius 2 is 2.19 bits per heavy atom. The number of halogens is 1. The second kappa shape index (κ2) is 5.68. The molecule has 0 bridgehead atoms. The molecule has 0 amide bonds. The first kappa shape index (κ1) is 13.8. The number of fused-ring (bicyclic) bond motifs is 1. The van der Waals surface area contributed by atoms with Crippen molar-refractivity contribution >= 4 is 50.0 Å². The molecule has 0 saturated carbocycles. The summed E-state index contributed by atoms with van der Waals surface area (Å²) in [5, 5.41) is 12.0. The summed E-state index contributed by atoms with van der Waals surface area (Å²) in [4.78, 5) is 15.6. The first-order valence-electron chi connectivity index (χ1n) is 6.15. The van der Waals surface area contributed by atoms with Crippen LogP contribution in [-0.4, -0.2) is 10.8 Å². The lowest BCUT2D eigenvalue weighted by molar-refractivity contribution is 0.104. The standard InChI is InChI=1S/C16H9BrN2OS/c17-15-6-10(9-21-15)5-11(7-18)16(20)13-8-19-14-4-2-1-3-12(13)14/h1-6,8-9,19H/b11-5+. The fourth-order valence-electron chi connectivity index (χ4n) is 2.12. The molecule has 2 aromatic heterocycles. The third-order valence-corrected chi connectivity index (χ3v) is 4.62. The first-order valence-corrected chi connectivity index (χ1v) is 7.83. The molecule has 0 aliphatic rings. The number of nitrogens with one attached hydrogen (secondary N) is 1. The highest BCUT2D eigenvalue weighted by atomic mass is 79.9. The molecule has 2 heterocycles. The normalized spacial score (nSPS) is 11.5. The molecule has 0 aliphatic heterocycles. The number of nitriles is 1. The van der Waals surface area contributed by atoms with Crippen molar-refractivity contribution in [3.63, 3.8) is 0 Å². The molecular formula is C16H9BrN2OS. The average Bonchev–Trinajstić information content (AvgIpc) is 3.10. The molecule has 0 atom stereocenters. The van der Waals surface area contributed by atoms with E-state index in [0.29, 0.717) is 5.56 Å². The zero-order chi connectivity index (χ0) is 14.8. The maximum Gasteiger partial charge on any atom is 0.205 e. The predicted molar refractivity (Wildman–Crippen MR) is 88.2 cm³/mol. The number of aromatic amines is 1. The summed E-state index contributed by atoms with van der Waals surface area (Å²) in [5.74, 6) is -0.266. The number of hydrogen-bond donors (Lipinski definition) is 1. The molecule has 0 spiro atoms. The fraction of sp³-hybridized carbons (Fsp3) is 0. The number of allylic oxidation sites excluding steroid dienone is 1. The maximum atomic E-state index is 12.5. The Morgan fingerprint density at radius 3 is 2.90 bits per heavy atom. The molecule has 3 aromatic rings. The second-order valence-corrected chi connectivity index (χ2v) is 6.72. The van der Waals surface area contributed by atoms with Gasteiger partial charge in [0.05, 0.1) is 3.79 Å². The van der Waals surface area contributed by atoms with Gasteiger partial charge in [0, 0.05) is 22.7 Å². The van der Waals surface area contributed by atoms with Crippen molar-refractivity contribution in [1.29, 1.82) is 5.26 Å². The monoisotopic (exact) mass is 356 g/mol. The van der Waals surface area contributed by atoms with E-state index >= 15 is 0 Å². The minimum Gasteiger partial charge on any atom is -0.360 e. The summed E-state index contributed by atoms with van der Waals surface area (Å²) >= 11 is 4.88. The van der Waals surface area contributed by atoms with Crippen LogP contribution in [0.4, 0.5) is 0 Å². The number of aromatic nitrogens is 1. The van der Waals surface area contributed by atoms with Crippen LogP contribution >= 0.6 is 27.3 Å². The van der Waals surface area contributed by atoms with Crippen molar-refractivity contribution < 1.29 is 4.79 Å². The van der Waals surface area contributed by atoms with Crippen LogP contribution in [0.15, 0.2) is 51.3 Å². The lowest BCUT2D eigenvalue weighted by atomic mass is 10.0. The van der Waals surface area contributed by atoms with E-state index in [1.165, 1.54) is 11.3 Å². The van der Waals surface area contributed by atoms with Crippen molar-refractivity contribution in [2.75, 3.05) is 0 Å². The smallest absolute Gasteiger partial charge is 0.205 e. The van der Waals surface area contributed by atoms with Crippen LogP contribution in [0.25, 0.3) is 17.0 Å². The number of ketones is 1. The van der Waals surface area contributed by atoms with E-state index in [4.69, 9.17) is 0 Å². The van der Waals surface area contributed by atoms with E-state index in [9.17, 15) is 10.1 Å². The molecule has 0 unspecified atom stereocenters. The van der Waals surface area contributed by atoms with Crippen LogP contribution in [-0.2, 0) is 0 Å². The minimum atomic E-state index is -0.266. The number of hydrogen-bond acceptors (Lipinski definition) is 3. The van der Waals surface area contributed by atoms with Gasteiger partial charge in [0.15, 0.2) is 0 Å². The van der Waals surface area contributed by atoms with Gasteiger partial charge in [-0.3, -0.25) is 4.79 Å². The highest BCUT2D eigenvalue weighted by molar-refractivity contribution is 9.11. The zero-order valence-corrected chi connectivity index (χ0v) is 13.2. The Balaban J connectivity index is 2.04. The largest absolute Gasteiger partial charge is 0.360 e. The third kappa shape index (κ3) is 2.68. The summed E-state index contributed by atoms with van der Waals surface area (Å²) in [6, 6.07) is 11.4. The van der Waals surface area contributed by atoms with E-state index in [-0.39, 0.29) is 11.4 Å².